The van der Waals surface area contributed by atoms with Gasteiger partial charge in [-0.2, -0.15) is 5.10 Å². The zero-order chi connectivity index (χ0) is 15.0. The molecule has 0 radical (unpaired) electrons. The summed E-state index contributed by atoms with van der Waals surface area (Å²) in [5.41, 5.74) is 11.3. The number of hydrogen-bond donors (Lipinski definition) is 1. The van der Waals surface area contributed by atoms with Crippen molar-refractivity contribution >= 4 is 11.6 Å². The highest BCUT2D eigenvalue weighted by molar-refractivity contribution is 6.31. The highest BCUT2D eigenvalue weighted by Crippen LogP contribution is 2.32. The molecule has 1 aliphatic carbocycles. The molecule has 112 valence electrons. The van der Waals surface area contributed by atoms with E-state index in [1.165, 1.54) is 11.1 Å². The predicted molar refractivity (Wildman–Crippen MR) is 86.7 cm³/mol. The van der Waals surface area contributed by atoms with Gasteiger partial charge in [-0.1, -0.05) is 42.8 Å². The normalized spacial score (nSPS) is 21.3. The van der Waals surface area contributed by atoms with Crippen LogP contribution in [0.25, 0.3) is 0 Å². The van der Waals surface area contributed by atoms with Crippen molar-refractivity contribution < 1.29 is 0 Å². The molecule has 3 rings (SSSR count). The van der Waals surface area contributed by atoms with Gasteiger partial charge in [0.1, 0.15) is 0 Å². The minimum atomic E-state index is -0.225. The standard InChI is InChI=1S/C17H22ClN3/c1-3-14-16(18)15(21(2)20-14)11-17(19)9-8-12-6-4-5-7-13(12)10-17/h4-7H,3,8-11,19H2,1-2H3. The second-order valence-electron chi connectivity index (χ2n) is 6.17. The molecule has 1 aliphatic rings. The molecule has 0 saturated carbocycles. The van der Waals surface area contributed by atoms with Crippen LogP contribution in [0.2, 0.25) is 5.02 Å². The minimum Gasteiger partial charge on any atom is -0.324 e. The van der Waals surface area contributed by atoms with Gasteiger partial charge in [-0.25, -0.2) is 0 Å². The highest BCUT2D eigenvalue weighted by Gasteiger charge is 2.32. The van der Waals surface area contributed by atoms with Crippen molar-refractivity contribution in [3.05, 3.63) is 51.8 Å². The summed E-state index contributed by atoms with van der Waals surface area (Å²) in [6.45, 7) is 2.08. The fourth-order valence-electron chi connectivity index (χ4n) is 3.32. The maximum Gasteiger partial charge on any atom is 0.0850 e. The van der Waals surface area contributed by atoms with E-state index >= 15 is 0 Å². The zero-order valence-corrected chi connectivity index (χ0v) is 13.5. The van der Waals surface area contributed by atoms with Crippen LogP contribution < -0.4 is 5.73 Å². The third-order valence-corrected chi connectivity index (χ3v) is 5.01. The number of hydrogen-bond acceptors (Lipinski definition) is 2. The molecule has 1 atom stereocenters. The molecule has 0 saturated heterocycles. The van der Waals surface area contributed by atoms with Gasteiger partial charge >= 0.3 is 0 Å². The second-order valence-corrected chi connectivity index (χ2v) is 6.55. The van der Waals surface area contributed by atoms with E-state index in [1.54, 1.807) is 0 Å². The van der Waals surface area contributed by atoms with Crippen LogP contribution in [0.1, 0.15) is 35.9 Å². The second kappa shape index (κ2) is 5.47. The summed E-state index contributed by atoms with van der Waals surface area (Å²) >= 11 is 6.47. The number of nitrogens with zero attached hydrogens (tertiary/aromatic N) is 2. The summed E-state index contributed by atoms with van der Waals surface area (Å²) in [6.07, 6.45) is 4.58. The molecule has 0 aliphatic heterocycles. The predicted octanol–water partition coefficient (Wildman–Crippen LogP) is 3.06. The van der Waals surface area contributed by atoms with Crippen molar-refractivity contribution in [2.24, 2.45) is 12.8 Å². The van der Waals surface area contributed by atoms with Crippen LogP contribution in [0.3, 0.4) is 0 Å². The van der Waals surface area contributed by atoms with Crippen LogP contribution in [0.15, 0.2) is 24.3 Å². The van der Waals surface area contributed by atoms with Gasteiger partial charge in [-0.3, -0.25) is 4.68 Å². The van der Waals surface area contributed by atoms with E-state index in [4.69, 9.17) is 17.3 Å². The SMILES string of the molecule is CCc1nn(C)c(CC2(N)CCc3ccccc3C2)c1Cl. The summed E-state index contributed by atoms with van der Waals surface area (Å²) in [6, 6.07) is 8.60. The summed E-state index contributed by atoms with van der Waals surface area (Å²) < 4.78 is 1.90. The van der Waals surface area contributed by atoms with E-state index in [0.717, 1.165) is 48.5 Å². The fraction of sp³-hybridized carbons (Fsp3) is 0.471. The smallest absolute Gasteiger partial charge is 0.0850 e. The van der Waals surface area contributed by atoms with E-state index in [-0.39, 0.29) is 5.54 Å². The third-order valence-electron chi connectivity index (χ3n) is 4.58. The molecule has 1 aromatic carbocycles. The van der Waals surface area contributed by atoms with Crippen LogP contribution in [0.5, 0.6) is 0 Å². The van der Waals surface area contributed by atoms with E-state index in [2.05, 4.69) is 36.3 Å². The van der Waals surface area contributed by atoms with Crippen LogP contribution in [-0.4, -0.2) is 15.3 Å². The van der Waals surface area contributed by atoms with Gasteiger partial charge in [0.15, 0.2) is 0 Å². The van der Waals surface area contributed by atoms with E-state index < -0.39 is 0 Å². The van der Waals surface area contributed by atoms with Crippen molar-refractivity contribution in [1.82, 2.24) is 9.78 Å². The maximum absolute atomic E-state index is 6.69. The first-order valence-electron chi connectivity index (χ1n) is 7.58. The molecule has 2 N–H and O–H groups in total. The topological polar surface area (TPSA) is 43.8 Å². The van der Waals surface area contributed by atoms with E-state index in [9.17, 15) is 0 Å². The maximum atomic E-state index is 6.69. The summed E-state index contributed by atoms with van der Waals surface area (Å²) in [7, 11) is 1.96. The third kappa shape index (κ3) is 2.72. The lowest BCUT2D eigenvalue weighted by molar-refractivity contribution is 0.361. The van der Waals surface area contributed by atoms with Gasteiger partial charge in [-0.15, -0.1) is 0 Å². The zero-order valence-electron chi connectivity index (χ0n) is 12.7. The van der Waals surface area contributed by atoms with Gasteiger partial charge < -0.3 is 5.73 Å². The first-order valence-corrected chi connectivity index (χ1v) is 7.96. The van der Waals surface area contributed by atoms with Crippen molar-refractivity contribution in [2.45, 2.75) is 44.6 Å². The molecule has 1 aromatic heterocycles. The molecule has 0 spiro atoms. The first kappa shape index (κ1) is 14.6. The lowest BCUT2D eigenvalue weighted by Crippen LogP contribution is -2.47. The van der Waals surface area contributed by atoms with Gasteiger partial charge in [0.25, 0.3) is 0 Å². The molecule has 0 bridgehead atoms. The lowest BCUT2D eigenvalue weighted by Gasteiger charge is -2.35. The van der Waals surface area contributed by atoms with Crippen molar-refractivity contribution in [3.8, 4) is 0 Å². The van der Waals surface area contributed by atoms with Crippen molar-refractivity contribution in [2.75, 3.05) is 0 Å². The van der Waals surface area contributed by atoms with Gasteiger partial charge in [0.05, 0.1) is 16.4 Å². The van der Waals surface area contributed by atoms with Crippen LogP contribution in [-0.2, 0) is 32.7 Å². The number of nitrogens with two attached hydrogens (primary N) is 1. The van der Waals surface area contributed by atoms with Gasteiger partial charge in [0, 0.05) is 19.0 Å². The Hall–Kier alpha value is -1.32. The molecular formula is C17H22ClN3. The van der Waals surface area contributed by atoms with Crippen molar-refractivity contribution in [1.29, 1.82) is 0 Å². The lowest BCUT2D eigenvalue weighted by atomic mass is 9.76. The van der Waals surface area contributed by atoms with Crippen LogP contribution in [0, 0.1) is 0 Å². The number of fused-ring (bicyclic) bond motifs is 1. The fourth-order valence-corrected chi connectivity index (χ4v) is 3.68. The first-order chi connectivity index (χ1) is 10.0. The Balaban J connectivity index is 1.87. The Morgan fingerprint density at radius 3 is 2.71 bits per heavy atom. The molecule has 0 amide bonds. The Bertz CT molecular complexity index is 662. The molecule has 3 nitrogen and oxygen atoms in total. The number of aryl methyl sites for hydroxylation is 3. The molecule has 1 heterocycles. The van der Waals surface area contributed by atoms with Gasteiger partial charge in [0.2, 0.25) is 0 Å². The van der Waals surface area contributed by atoms with Gasteiger partial charge in [-0.05, 0) is 36.8 Å². The molecular weight excluding hydrogens is 282 g/mol. The Labute approximate surface area is 131 Å². The number of rotatable bonds is 3. The van der Waals surface area contributed by atoms with Crippen LogP contribution >= 0.6 is 11.6 Å². The molecule has 2 aromatic rings. The molecule has 1 unspecified atom stereocenters. The Morgan fingerprint density at radius 1 is 1.33 bits per heavy atom. The Morgan fingerprint density at radius 2 is 2.05 bits per heavy atom. The largest absolute Gasteiger partial charge is 0.324 e. The molecule has 0 fully saturated rings. The average molecular weight is 304 g/mol. The Kier molecular flexibility index (Phi) is 3.80. The van der Waals surface area contributed by atoms with E-state index in [1.807, 2.05) is 11.7 Å². The number of benzene rings is 1. The monoisotopic (exact) mass is 303 g/mol. The quantitative estimate of drug-likeness (QED) is 0.947. The highest BCUT2D eigenvalue weighted by atomic mass is 35.5. The average Bonchev–Trinajstić information content (AvgIpc) is 2.74. The van der Waals surface area contributed by atoms with Crippen LogP contribution in [0.4, 0.5) is 0 Å². The summed E-state index contributed by atoms with van der Waals surface area (Å²) in [5, 5.41) is 5.29. The van der Waals surface area contributed by atoms with E-state index in [0.29, 0.717) is 0 Å². The molecule has 21 heavy (non-hydrogen) atoms. The summed E-state index contributed by atoms with van der Waals surface area (Å²) in [4.78, 5) is 0. The number of halogens is 1. The number of aromatic nitrogens is 2. The van der Waals surface area contributed by atoms with Crippen molar-refractivity contribution in [3.63, 3.8) is 0 Å². The summed E-state index contributed by atoms with van der Waals surface area (Å²) in [5.74, 6) is 0. The minimum absolute atomic E-state index is 0.225. The molecule has 4 heteroatoms.